The second-order valence-corrected chi connectivity index (χ2v) is 6.82. The molecule has 0 amide bonds. The molecule has 0 spiro atoms. The molecule has 26 heavy (non-hydrogen) atoms. The van der Waals surface area contributed by atoms with Crippen molar-refractivity contribution in [2.24, 2.45) is 4.99 Å². The Morgan fingerprint density at radius 3 is 2.73 bits per heavy atom. The molecule has 144 valence electrons. The average molecular weight is 358 g/mol. The molecule has 0 aliphatic heterocycles. The molecule has 0 radical (unpaired) electrons. The fourth-order valence-corrected chi connectivity index (χ4v) is 3.32. The quantitative estimate of drug-likeness (QED) is 0.451. The largest absolute Gasteiger partial charge is 0.361 e. The lowest BCUT2D eigenvalue weighted by molar-refractivity contribution is 0.292. The summed E-state index contributed by atoms with van der Waals surface area (Å²) in [5.74, 6) is 0.889. The van der Waals surface area contributed by atoms with Crippen LogP contribution in [0.1, 0.15) is 39.2 Å². The SMILES string of the molecule is CCN(CC)CCCC(C)NC(=NC)NCCc1c[nH]c2ccccc12. The van der Waals surface area contributed by atoms with Gasteiger partial charge in [-0.25, -0.2) is 0 Å². The molecular formula is C21H35N5. The van der Waals surface area contributed by atoms with Gasteiger partial charge in [0.25, 0.3) is 0 Å². The van der Waals surface area contributed by atoms with Gasteiger partial charge >= 0.3 is 0 Å². The molecule has 1 aromatic heterocycles. The first-order valence-electron chi connectivity index (χ1n) is 9.92. The van der Waals surface area contributed by atoms with Crippen LogP contribution in [0.25, 0.3) is 10.9 Å². The lowest BCUT2D eigenvalue weighted by Crippen LogP contribution is -2.43. The minimum Gasteiger partial charge on any atom is -0.361 e. The third kappa shape index (κ3) is 6.06. The molecule has 5 nitrogen and oxygen atoms in total. The number of aromatic amines is 1. The summed E-state index contributed by atoms with van der Waals surface area (Å²) in [6, 6.07) is 8.87. The highest BCUT2D eigenvalue weighted by Gasteiger charge is 2.07. The van der Waals surface area contributed by atoms with Gasteiger partial charge in [0, 0.05) is 36.7 Å². The molecule has 0 saturated heterocycles. The average Bonchev–Trinajstić information content (AvgIpc) is 3.07. The molecule has 3 N–H and O–H groups in total. The van der Waals surface area contributed by atoms with Crippen molar-refractivity contribution in [2.45, 2.75) is 46.1 Å². The van der Waals surface area contributed by atoms with Crippen LogP contribution in [0.15, 0.2) is 35.5 Å². The van der Waals surface area contributed by atoms with E-state index in [0.29, 0.717) is 6.04 Å². The molecule has 0 bridgehead atoms. The number of aliphatic imine (C=N–C) groups is 1. The summed E-state index contributed by atoms with van der Waals surface area (Å²) < 4.78 is 0. The number of guanidine groups is 1. The minimum absolute atomic E-state index is 0.421. The Hall–Kier alpha value is -2.01. The van der Waals surface area contributed by atoms with Crippen molar-refractivity contribution < 1.29 is 0 Å². The predicted molar refractivity (Wildman–Crippen MR) is 113 cm³/mol. The van der Waals surface area contributed by atoms with E-state index in [1.807, 2.05) is 7.05 Å². The van der Waals surface area contributed by atoms with E-state index < -0.39 is 0 Å². The molecular weight excluding hydrogens is 322 g/mol. The Balaban J connectivity index is 1.72. The normalized spacial score (nSPS) is 13.3. The van der Waals surface area contributed by atoms with Gasteiger partial charge in [0.1, 0.15) is 0 Å². The third-order valence-electron chi connectivity index (χ3n) is 4.97. The maximum absolute atomic E-state index is 4.36. The molecule has 0 saturated carbocycles. The third-order valence-corrected chi connectivity index (χ3v) is 4.97. The van der Waals surface area contributed by atoms with Gasteiger partial charge in [0.05, 0.1) is 0 Å². The number of fused-ring (bicyclic) bond motifs is 1. The number of hydrogen-bond acceptors (Lipinski definition) is 2. The van der Waals surface area contributed by atoms with Crippen molar-refractivity contribution in [3.8, 4) is 0 Å². The maximum Gasteiger partial charge on any atom is 0.191 e. The van der Waals surface area contributed by atoms with Crippen LogP contribution in [-0.2, 0) is 6.42 Å². The maximum atomic E-state index is 4.36. The van der Waals surface area contributed by atoms with Gasteiger partial charge in [-0.1, -0.05) is 32.0 Å². The number of para-hydroxylation sites is 1. The molecule has 2 rings (SSSR count). The van der Waals surface area contributed by atoms with Gasteiger partial charge in [-0.2, -0.15) is 0 Å². The second kappa shape index (κ2) is 10.9. The Kier molecular flexibility index (Phi) is 8.48. The van der Waals surface area contributed by atoms with Gasteiger partial charge < -0.3 is 20.5 Å². The predicted octanol–water partition coefficient (Wildman–Crippen LogP) is 3.39. The van der Waals surface area contributed by atoms with Crippen LogP contribution in [-0.4, -0.2) is 55.1 Å². The van der Waals surface area contributed by atoms with Gasteiger partial charge in [-0.3, -0.25) is 4.99 Å². The van der Waals surface area contributed by atoms with Gasteiger partial charge in [0.15, 0.2) is 5.96 Å². The monoisotopic (exact) mass is 357 g/mol. The van der Waals surface area contributed by atoms with Crippen LogP contribution in [0.4, 0.5) is 0 Å². The van der Waals surface area contributed by atoms with Crippen molar-refractivity contribution >= 4 is 16.9 Å². The van der Waals surface area contributed by atoms with Crippen molar-refractivity contribution in [1.82, 2.24) is 20.5 Å². The fraction of sp³-hybridized carbons (Fsp3) is 0.571. The number of hydrogen-bond donors (Lipinski definition) is 3. The van der Waals surface area contributed by atoms with E-state index in [0.717, 1.165) is 38.4 Å². The van der Waals surface area contributed by atoms with Crippen LogP contribution in [0, 0.1) is 0 Å². The van der Waals surface area contributed by atoms with Crippen LogP contribution in [0.5, 0.6) is 0 Å². The summed E-state index contributed by atoms with van der Waals surface area (Å²) in [4.78, 5) is 10.2. The van der Waals surface area contributed by atoms with E-state index >= 15 is 0 Å². The molecule has 1 heterocycles. The molecule has 2 aromatic rings. The van der Waals surface area contributed by atoms with E-state index in [1.165, 1.54) is 29.4 Å². The standard InChI is InChI=1S/C21H35N5/c1-5-26(6-2)15-9-10-17(3)25-21(22-4)23-14-13-18-16-24-20-12-8-7-11-19(18)20/h7-8,11-12,16-17,24H,5-6,9-10,13-15H2,1-4H3,(H2,22,23,25). The molecule has 1 unspecified atom stereocenters. The summed E-state index contributed by atoms with van der Waals surface area (Å²) in [5.41, 5.74) is 2.54. The molecule has 1 aromatic carbocycles. The van der Waals surface area contributed by atoms with Crippen molar-refractivity contribution in [2.75, 3.05) is 33.2 Å². The minimum atomic E-state index is 0.421. The Morgan fingerprint density at radius 1 is 1.23 bits per heavy atom. The first kappa shape index (κ1) is 20.3. The zero-order valence-corrected chi connectivity index (χ0v) is 16.8. The van der Waals surface area contributed by atoms with E-state index in [2.05, 4.69) is 76.7 Å². The number of H-pyrrole nitrogens is 1. The highest BCUT2D eigenvalue weighted by molar-refractivity contribution is 5.83. The molecule has 0 fully saturated rings. The zero-order valence-electron chi connectivity index (χ0n) is 16.8. The van der Waals surface area contributed by atoms with Crippen molar-refractivity contribution in [3.05, 3.63) is 36.0 Å². The van der Waals surface area contributed by atoms with Crippen LogP contribution >= 0.6 is 0 Å². The van der Waals surface area contributed by atoms with E-state index in [1.54, 1.807) is 0 Å². The topological polar surface area (TPSA) is 55.4 Å². The Bertz CT molecular complexity index is 672. The molecule has 1 atom stereocenters. The van der Waals surface area contributed by atoms with Gasteiger partial charge in [0.2, 0.25) is 0 Å². The first-order valence-corrected chi connectivity index (χ1v) is 9.92. The van der Waals surface area contributed by atoms with E-state index in [4.69, 9.17) is 0 Å². The number of nitrogens with one attached hydrogen (secondary N) is 3. The van der Waals surface area contributed by atoms with Crippen LogP contribution in [0.2, 0.25) is 0 Å². The van der Waals surface area contributed by atoms with Crippen molar-refractivity contribution in [1.29, 1.82) is 0 Å². The van der Waals surface area contributed by atoms with Crippen LogP contribution in [0.3, 0.4) is 0 Å². The van der Waals surface area contributed by atoms with Gasteiger partial charge in [-0.15, -0.1) is 0 Å². The molecule has 5 heteroatoms. The summed E-state index contributed by atoms with van der Waals surface area (Å²) >= 11 is 0. The van der Waals surface area contributed by atoms with Gasteiger partial charge in [-0.05, 0) is 57.5 Å². The summed E-state index contributed by atoms with van der Waals surface area (Å²) in [7, 11) is 1.84. The number of benzene rings is 1. The summed E-state index contributed by atoms with van der Waals surface area (Å²) in [6.45, 7) is 11.0. The first-order chi connectivity index (χ1) is 12.7. The highest BCUT2D eigenvalue weighted by Crippen LogP contribution is 2.17. The smallest absolute Gasteiger partial charge is 0.191 e. The summed E-state index contributed by atoms with van der Waals surface area (Å²) in [6.07, 6.45) is 5.45. The number of aromatic nitrogens is 1. The van der Waals surface area contributed by atoms with E-state index in [-0.39, 0.29) is 0 Å². The zero-order chi connectivity index (χ0) is 18.8. The Morgan fingerprint density at radius 2 is 2.00 bits per heavy atom. The second-order valence-electron chi connectivity index (χ2n) is 6.82. The number of nitrogens with zero attached hydrogens (tertiary/aromatic N) is 2. The van der Waals surface area contributed by atoms with Crippen molar-refractivity contribution in [3.63, 3.8) is 0 Å². The highest BCUT2D eigenvalue weighted by atomic mass is 15.2. The summed E-state index contributed by atoms with van der Waals surface area (Å²) in [5, 5.41) is 8.25. The molecule has 0 aliphatic carbocycles. The van der Waals surface area contributed by atoms with E-state index in [9.17, 15) is 0 Å². The lowest BCUT2D eigenvalue weighted by atomic mass is 10.1. The van der Waals surface area contributed by atoms with Crippen LogP contribution < -0.4 is 10.6 Å². The lowest BCUT2D eigenvalue weighted by Gasteiger charge is -2.21. The number of rotatable bonds is 10. The fourth-order valence-electron chi connectivity index (χ4n) is 3.32. The molecule has 0 aliphatic rings. The Labute approximate surface area is 158 Å².